The Kier molecular flexibility index (Phi) is 3.92. The molecular weight excluding hydrogens is 353 g/mol. The Morgan fingerprint density at radius 2 is 2.15 bits per heavy atom. The van der Waals surface area contributed by atoms with E-state index in [2.05, 4.69) is 20.4 Å². The van der Waals surface area contributed by atoms with E-state index in [1.807, 2.05) is 0 Å². The van der Waals surface area contributed by atoms with E-state index >= 15 is 0 Å². The molecule has 2 fully saturated rings. The van der Waals surface area contributed by atoms with Crippen LogP contribution in [0.2, 0.25) is 0 Å². The van der Waals surface area contributed by atoms with Gasteiger partial charge in [-0.05, 0) is 35.0 Å². The molecule has 2 aliphatic heterocycles. The van der Waals surface area contributed by atoms with Gasteiger partial charge in [-0.3, -0.25) is 9.69 Å². The molecule has 0 radical (unpaired) electrons. The quantitative estimate of drug-likeness (QED) is 0.855. The van der Waals surface area contributed by atoms with E-state index in [1.165, 1.54) is 10.7 Å². The first-order valence-electron chi connectivity index (χ1n) is 7.96. The molecule has 1 aromatic heterocycles. The van der Waals surface area contributed by atoms with Crippen molar-refractivity contribution in [3.63, 3.8) is 0 Å². The molecule has 2 N–H and O–H groups in total. The van der Waals surface area contributed by atoms with E-state index in [9.17, 15) is 18.0 Å². The number of ether oxygens (including phenoxy) is 1. The molecule has 1 aromatic carbocycles. The van der Waals surface area contributed by atoms with Gasteiger partial charge in [-0.25, -0.2) is 0 Å². The minimum Gasteiger partial charge on any atom is -0.375 e. The van der Waals surface area contributed by atoms with Crippen molar-refractivity contribution in [2.24, 2.45) is 5.73 Å². The Bertz CT molecular complexity index is 852. The Morgan fingerprint density at radius 1 is 1.35 bits per heavy atom. The van der Waals surface area contributed by atoms with Gasteiger partial charge in [0.2, 0.25) is 5.91 Å². The van der Waals surface area contributed by atoms with Gasteiger partial charge in [-0.15, -0.1) is 5.10 Å². The number of nitrogens with two attached hydrogens (primary N) is 1. The number of morpholine rings is 1. The summed E-state index contributed by atoms with van der Waals surface area (Å²) in [7, 11) is 0. The normalized spacial score (nSPS) is 22.9. The summed E-state index contributed by atoms with van der Waals surface area (Å²) in [5.41, 5.74) is 3.96. The van der Waals surface area contributed by atoms with E-state index in [-0.39, 0.29) is 23.4 Å². The van der Waals surface area contributed by atoms with Gasteiger partial charge in [0.05, 0.1) is 30.5 Å². The number of halogens is 3. The molecule has 0 spiro atoms. The second kappa shape index (κ2) is 6.02. The molecule has 4 rings (SSSR count). The maximum atomic E-state index is 13.1. The lowest BCUT2D eigenvalue weighted by Gasteiger charge is -2.25. The maximum absolute atomic E-state index is 13.1. The van der Waals surface area contributed by atoms with Gasteiger partial charge in [-0.2, -0.15) is 17.9 Å². The summed E-state index contributed by atoms with van der Waals surface area (Å²) >= 11 is 0. The number of tetrazole rings is 1. The van der Waals surface area contributed by atoms with Crippen LogP contribution in [-0.4, -0.2) is 56.3 Å². The summed E-state index contributed by atoms with van der Waals surface area (Å²) in [4.78, 5) is 13.6. The first-order valence-corrected chi connectivity index (χ1v) is 7.96. The minimum absolute atomic E-state index is 0.0363. The molecule has 2 bridgehead atoms. The average molecular weight is 368 g/mol. The van der Waals surface area contributed by atoms with Crippen LogP contribution in [0.4, 0.5) is 13.2 Å². The predicted octanol–water partition coefficient (Wildman–Crippen LogP) is 0.753. The highest BCUT2D eigenvalue weighted by molar-refractivity contribution is 5.93. The molecule has 0 saturated carbocycles. The van der Waals surface area contributed by atoms with E-state index in [0.29, 0.717) is 25.0 Å². The lowest BCUT2D eigenvalue weighted by Crippen LogP contribution is -2.37. The highest BCUT2D eigenvalue weighted by Gasteiger charge is 2.39. The Balaban J connectivity index is 1.69. The monoisotopic (exact) mass is 368 g/mol. The molecule has 8 nitrogen and oxygen atoms in total. The van der Waals surface area contributed by atoms with Crippen LogP contribution in [-0.2, 0) is 17.5 Å². The van der Waals surface area contributed by atoms with Crippen molar-refractivity contribution in [2.75, 3.05) is 13.2 Å². The average Bonchev–Trinajstić information content (AvgIpc) is 3.30. The van der Waals surface area contributed by atoms with E-state index < -0.39 is 17.6 Å². The number of hydrogen-bond donors (Lipinski definition) is 1. The lowest BCUT2D eigenvalue weighted by molar-refractivity contribution is -0.137. The van der Waals surface area contributed by atoms with Crippen molar-refractivity contribution in [2.45, 2.75) is 31.3 Å². The van der Waals surface area contributed by atoms with Gasteiger partial charge in [-0.1, -0.05) is 0 Å². The third kappa shape index (κ3) is 3.03. The molecule has 2 saturated heterocycles. The summed E-state index contributed by atoms with van der Waals surface area (Å²) in [6.45, 7) is 1.73. The number of primary amides is 1. The summed E-state index contributed by atoms with van der Waals surface area (Å²) in [5.74, 6) is -0.576. The predicted molar refractivity (Wildman–Crippen MR) is 81.2 cm³/mol. The number of hydrogen-bond acceptors (Lipinski definition) is 6. The van der Waals surface area contributed by atoms with E-state index in [0.717, 1.165) is 19.0 Å². The number of fused-ring (bicyclic) bond motifs is 2. The molecule has 11 heteroatoms. The second-order valence-corrected chi connectivity index (χ2v) is 6.41. The molecule has 1 amide bonds. The van der Waals surface area contributed by atoms with Gasteiger partial charge in [0.25, 0.3) is 0 Å². The summed E-state index contributed by atoms with van der Waals surface area (Å²) in [6.07, 6.45) is -3.52. The number of likely N-dealkylation sites (tertiary alicyclic amines) is 1. The Morgan fingerprint density at radius 3 is 2.77 bits per heavy atom. The Hall–Kier alpha value is -2.53. The highest BCUT2D eigenvalue weighted by Crippen LogP contribution is 2.32. The molecule has 26 heavy (non-hydrogen) atoms. The van der Waals surface area contributed by atoms with E-state index in [4.69, 9.17) is 10.5 Å². The standard InChI is InChI=1S/C15H15F3N6O2/c16-15(17,18)9-1-8(14(19)25)2-10(3-9)24-13(20-21-22-24)6-23-5-12-4-11(23)7-26-12/h1-3,11-12H,4-7H2,(H2,19,25)/t11-,12-/m0/s1. The van der Waals surface area contributed by atoms with Gasteiger partial charge in [0, 0.05) is 18.2 Å². The zero-order valence-corrected chi connectivity index (χ0v) is 13.5. The van der Waals surface area contributed by atoms with Crippen molar-refractivity contribution < 1.29 is 22.7 Å². The van der Waals surface area contributed by atoms with Crippen LogP contribution >= 0.6 is 0 Å². The first-order chi connectivity index (χ1) is 12.3. The molecule has 2 aliphatic rings. The molecule has 2 aromatic rings. The summed E-state index contributed by atoms with van der Waals surface area (Å²) in [6, 6.07) is 3.11. The number of rotatable bonds is 4. The second-order valence-electron chi connectivity index (χ2n) is 6.41. The number of aromatic nitrogens is 4. The topological polar surface area (TPSA) is 99.2 Å². The lowest BCUT2D eigenvalue weighted by atomic mass is 10.1. The van der Waals surface area contributed by atoms with Crippen LogP contribution in [0.1, 0.15) is 28.2 Å². The van der Waals surface area contributed by atoms with Crippen molar-refractivity contribution >= 4 is 5.91 Å². The summed E-state index contributed by atoms with van der Waals surface area (Å²) in [5, 5.41) is 11.3. The zero-order valence-electron chi connectivity index (χ0n) is 13.5. The van der Waals surface area contributed by atoms with Gasteiger partial charge in [0.1, 0.15) is 0 Å². The van der Waals surface area contributed by atoms with Crippen LogP contribution in [0, 0.1) is 0 Å². The van der Waals surface area contributed by atoms with Gasteiger partial charge >= 0.3 is 6.18 Å². The highest BCUT2D eigenvalue weighted by atomic mass is 19.4. The van der Waals surface area contributed by atoms with Crippen molar-refractivity contribution in [1.82, 2.24) is 25.1 Å². The molecule has 2 atom stereocenters. The van der Waals surface area contributed by atoms with E-state index in [1.54, 1.807) is 0 Å². The van der Waals surface area contributed by atoms with Crippen LogP contribution in [0.15, 0.2) is 18.2 Å². The number of alkyl halides is 3. The van der Waals surface area contributed by atoms with Gasteiger partial charge < -0.3 is 10.5 Å². The number of carbonyl (C=O) groups excluding carboxylic acids is 1. The van der Waals surface area contributed by atoms with Crippen molar-refractivity contribution in [3.05, 3.63) is 35.2 Å². The number of nitrogens with zero attached hydrogens (tertiary/aromatic N) is 5. The smallest absolute Gasteiger partial charge is 0.375 e. The number of carbonyl (C=O) groups is 1. The largest absolute Gasteiger partial charge is 0.416 e. The fraction of sp³-hybridized carbons (Fsp3) is 0.467. The fourth-order valence-corrected chi connectivity index (χ4v) is 3.40. The maximum Gasteiger partial charge on any atom is 0.416 e. The number of benzene rings is 1. The van der Waals surface area contributed by atoms with Crippen LogP contribution < -0.4 is 5.73 Å². The molecule has 3 heterocycles. The fourth-order valence-electron chi connectivity index (χ4n) is 3.40. The van der Waals surface area contributed by atoms with Crippen LogP contribution in [0.5, 0.6) is 0 Å². The third-order valence-electron chi connectivity index (χ3n) is 4.67. The van der Waals surface area contributed by atoms with Crippen molar-refractivity contribution in [1.29, 1.82) is 0 Å². The molecular formula is C15H15F3N6O2. The van der Waals surface area contributed by atoms with Crippen LogP contribution in [0.25, 0.3) is 5.69 Å². The molecule has 0 aliphatic carbocycles. The zero-order chi connectivity index (χ0) is 18.5. The van der Waals surface area contributed by atoms with Crippen molar-refractivity contribution in [3.8, 4) is 5.69 Å². The molecule has 0 unspecified atom stereocenters. The SMILES string of the molecule is NC(=O)c1cc(-n2nnnc2CN2C[C@@H]3C[C@H]2CO3)cc(C(F)(F)F)c1. The molecule has 138 valence electrons. The van der Waals surface area contributed by atoms with Crippen LogP contribution in [0.3, 0.4) is 0 Å². The summed E-state index contributed by atoms with van der Waals surface area (Å²) < 4.78 is 46.2. The minimum atomic E-state index is -4.63. The number of amides is 1. The first kappa shape index (κ1) is 16.9. The Labute approximate surface area is 145 Å². The van der Waals surface area contributed by atoms with Gasteiger partial charge in [0.15, 0.2) is 5.82 Å². The third-order valence-corrected chi connectivity index (χ3v) is 4.67.